The van der Waals surface area contributed by atoms with E-state index in [0.29, 0.717) is 21.5 Å². The molecule has 3 heterocycles. The average molecular weight is 424 g/mol. The van der Waals surface area contributed by atoms with Crippen LogP contribution in [-0.2, 0) is 11.3 Å². The fourth-order valence-corrected chi connectivity index (χ4v) is 4.69. The second-order valence-corrected chi connectivity index (χ2v) is 8.57. The summed E-state index contributed by atoms with van der Waals surface area (Å²) in [7, 11) is 0. The summed E-state index contributed by atoms with van der Waals surface area (Å²) in [5.74, 6) is 2.18. The molecule has 2 aromatic rings. The molecular weight excluding hydrogens is 406 g/mol. The fourth-order valence-electron chi connectivity index (χ4n) is 3.43. The Kier molecular flexibility index (Phi) is 4.56. The number of amides is 1. The topological polar surface area (TPSA) is 48.0 Å². The molecule has 0 spiro atoms. The Bertz CT molecular complexity index is 1090. The van der Waals surface area contributed by atoms with Crippen molar-refractivity contribution in [1.29, 1.82) is 0 Å². The van der Waals surface area contributed by atoms with Crippen LogP contribution in [0.4, 0.5) is 0 Å². The maximum atomic E-state index is 13.0. The fraction of sp³-hybridized carbons (Fsp3) is 0.182. The van der Waals surface area contributed by atoms with Crippen LogP contribution >= 0.6 is 24.0 Å². The molecule has 0 unspecified atom stereocenters. The number of benzene rings is 2. The minimum absolute atomic E-state index is 0.0929. The van der Waals surface area contributed by atoms with Gasteiger partial charge in [-0.15, -0.1) is 0 Å². The molecule has 0 aliphatic carbocycles. The van der Waals surface area contributed by atoms with Crippen molar-refractivity contribution in [2.45, 2.75) is 19.6 Å². The molecule has 0 N–H and O–H groups in total. The highest BCUT2D eigenvalue weighted by Crippen LogP contribution is 2.37. The lowest BCUT2D eigenvalue weighted by Gasteiger charge is -2.23. The first-order valence-electron chi connectivity index (χ1n) is 9.20. The standard InChI is InChI=1S/C22H17NO4S2/c1-13-16(9-15-4-2-3-5-17(15)27-13)10-20-21(24)23(22(28)29-20)11-14-6-7-18-19(8-14)26-12-25-18/h2-10,13H,11-12H2,1H3/b20-10-/t13-/m1/s1. The van der Waals surface area contributed by atoms with Crippen LogP contribution in [0, 0.1) is 0 Å². The van der Waals surface area contributed by atoms with Crippen LogP contribution in [0.25, 0.3) is 6.08 Å². The third kappa shape index (κ3) is 3.41. The number of nitrogens with zero attached hydrogens (tertiary/aromatic N) is 1. The van der Waals surface area contributed by atoms with Gasteiger partial charge in [-0.05, 0) is 48.4 Å². The summed E-state index contributed by atoms with van der Waals surface area (Å²) in [5.41, 5.74) is 2.90. The second-order valence-electron chi connectivity index (χ2n) is 6.90. The van der Waals surface area contributed by atoms with Gasteiger partial charge in [-0.1, -0.05) is 48.2 Å². The SMILES string of the molecule is C[C@H]1Oc2ccccc2C=C1/C=C1\SC(=S)N(Cc2ccc3c(c2)OCO3)C1=O. The molecule has 5 nitrogen and oxygen atoms in total. The summed E-state index contributed by atoms with van der Waals surface area (Å²) in [5, 5.41) is 0. The summed E-state index contributed by atoms with van der Waals surface area (Å²) < 4.78 is 17.3. The number of carbonyl (C=O) groups is 1. The molecule has 2 aromatic carbocycles. The van der Waals surface area contributed by atoms with Crippen molar-refractivity contribution >= 4 is 40.3 Å². The minimum atomic E-state index is -0.137. The molecule has 1 fully saturated rings. The maximum absolute atomic E-state index is 13.0. The summed E-state index contributed by atoms with van der Waals surface area (Å²) in [6.45, 7) is 2.60. The molecule has 1 atom stereocenters. The van der Waals surface area contributed by atoms with Gasteiger partial charge in [0.1, 0.15) is 16.2 Å². The first kappa shape index (κ1) is 18.3. The van der Waals surface area contributed by atoms with Gasteiger partial charge in [0, 0.05) is 5.56 Å². The van der Waals surface area contributed by atoms with Gasteiger partial charge in [-0.3, -0.25) is 9.69 Å². The quantitative estimate of drug-likeness (QED) is 0.534. The number of carbonyl (C=O) groups excluding carboxylic acids is 1. The van der Waals surface area contributed by atoms with Gasteiger partial charge in [0.15, 0.2) is 11.5 Å². The molecule has 0 aromatic heterocycles. The van der Waals surface area contributed by atoms with Gasteiger partial charge in [0.05, 0.1) is 11.4 Å². The average Bonchev–Trinajstić information content (AvgIpc) is 3.28. The Hall–Kier alpha value is -2.77. The molecule has 0 saturated carbocycles. The van der Waals surface area contributed by atoms with Crippen LogP contribution < -0.4 is 14.2 Å². The number of hydrogen-bond donors (Lipinski definition) is 0. The smallest absolute Gasteiger partial charge is 0.266 e. The van der Waals surface area contributed by atoms with Crippen molar-refractivity contribution < 1.29 is 19.0 Å². The third-order valence-electron chi connectivity index (χ3n) is 4.96. The highest BCUT2D eigenvalue weighted by atomic mass is 32.2. The Morgan fingerprint density at radius 2 is 2.00 bits per heavy atom. The zero-order chi connectivity index (χ0) is 20.0. The van der Waals surface area contributed by atoms with E-state index in [-0.39, 0.29) is 18.8 Å². The van der Waals surface area contributed by atoms with Crippen LogP contribution in [0.15, 0.2) is 59.0 Å². The summed E-state index contributed by atoms with van der Waals surface area (Å²) >= 11 is 6.79. The Labute approximate surface area is 177 Å². The van der Waals surface area contributed by atoms with Crippen molar-refractivity contribution in [3.8, 4) is 17.2 Å². The van der Waals surface area contributed by atoms with E-state index in [1.165, 1.54) is 11.8 Å². The molecule has 7 heteroatoms. The van der Waals surface area contributed by atoms with E-state index in [1.54, 1.807) is 4.90 Å². The van der Waals surface area contributed by atoms with Crippen LogP contribution in [0.3, 0.4) is 0 Å². The Balaban J connectivity index is 1.38. The predicted molar refractivity (Wildman–Crippen MR) is 116 cm³/mol. The van der Waals surface area contributed by atoms with Gasteiger partial charge in [0.2, 0.25) is 6.79 Å². The number of hydrogen-bond acceptors (Lipinski definition) is 6. The van der Waals surface area contributed by atoms with Crippen LogP contribution in [0.5, 0.6) is 17.2 Å². The van der Waals surface area contributed by atoms with Crippen molar-refractivity contribution in [1.82, 2.24) is 4.90 Å². The highest BCUT2D eigenvalue weighted by molar-refractivity contribution is 8.26. The summed E-state index contributed by atoms with van der Waals surface area (Å²) in [6, 6.07) is 13.5. The van der Waals surface area contributed by atoms with E-state index >= 15 is 0 Å². The van der Waals surface area contributed by atoms with Crippen molar-refractivity contribution in [2.75, 3.05) is 6.79 Å². The predicted octanol–water partition coefficient (Wildman–Crippen LogP) is 4.52. The van der Waals surface area contributed by atoms with E-state index in [2.05, 4.69) is 6.08 Å². The van der Waals surface area contributed by atoms with Crippen molar-refractivity contribution in [3.63, 3.8) is 0 Å². The van der Waals surface area contributed by atoms with Crippen molar-refractivity contribution in [3.05, 3.63) is 70.1 Å². The number of para-hydroxylation sites is 1. The molecule has 0 bridgehead atoms. The van der Waals surface area contributed by atoms with Crippen LogP contribution in [-0.4, -0.2) is 28.0 Å². The molecule has 3 aliphatic rings. The molecular formula is C22H17NO4S2. The molecule has 0 radical (unpaired) electrons. The van der Waals surface area contributed by atoms with E-state index in [9.17, 15) is 4.79 Å². The van der Waals surface area contributed by atoms with Gasteiger partial charge in [-0.2, -0.15) is 0 Å². The summed E-state index contributed by atoms with van der Waals surface area (Å²) in [6.07, 6.45) is 3.82. The number of rotatable bonds is 3. The van der Waals surface area contributed by atoms with Gasteiger partial charge in [0.25, 0.3) is 5.91 Å². The monoisotopic (exact) mass is 423 g/mol. The van der Waals surface area contributed by atoms with Gasteiger partial charge >= 0.3 is 0 Å². The third-order valence-corrected chi connectivity index (χ3v) is 6.34. The minimum Gasteiger partial charge on any atom is -0.485 e. The van der Waals surface area contributed by atoms with E-state index < -0.39 is 0 Å². The molecule has 146 valence electrons. The lowest BCUT2D eigenvalue weighted by atomic mass is 10.0. The molecule has 3 aliphatic heterocycles. The second kappa shape index (κ2) is 7.24. The van der Waals surface area contributed by atoms with Crippen LogP contribution in [0.1, 0.15) is 18.1 Å². The Morgan fingerprint density at radius 3 is 2.90 bits per heavy atom. The van der Waals surface area contributed by atoms with E-state index in [1.807, 2.05) is 55.5 Å². The zero-order valence-corrected chi connectivity index (χ0v) is 17.2. The lowest BCUT2D eigenvalue weighted by Crippen LogP contribution is -2.27. The zero-order valence-electron chi connectivity index (χ0n) is 15.6. The molecule has 1 saturated heterocycles. The molecule has 1 amide bonds. The number of thioether (sulfide) groups is 1. The number of thiocarbonyl (C=S) groups is 1. The number of ether oxygens (including phenoxy) is 3. The maximum Gasteiger partial charge on any atom is 0.266 e. The van der Waals surface area contributed by atoms with Gasteiger partial charge in [-0.25, -0.2) is 0 Å². The largest absolute Gasteiger partial charge is 0.485 e. The normalized spacial score (nSPS) is 21.3. The summed E-state index contributed by atoms with van der Waals surface area (Å²) in [4.78, 5) is 15.2. The van der Waals surface area contributed by atoms with E-state index in [0.717, 1.165) is 28.2 Å². The van der Waals surface area contributed by atoms with E-state index in [4.69, 9.17) is 26.4 Å². The first-order chi connectivity index (χ1) is 14.1. The highest BCUT2D eigenvalue weighted by Gasteiger charge is 2.33. The molecule has 5 rings (SSSR count). The van der Waals surface area contributed by atoms with Crippen LogP contribution in [0.2, 0.25) is 0 Å². The number of fused-ring (bicyclic) bond motifs is 2. The molecule has 29 heavy (non-hydrogen) atoms. The lowest BCUT2D eigenvalue weighted by molar-refractivity contribution is -0.122. The first-order valence-corrected chi connectivity index (χ1v) is 10.4. The van der Waals surface area contributed by atoms with Crippen molar-refractivity contribution in [2.24, 2.45) is 0 Å². The van der Waals surface area contributed by atoms with Gasteiger partial charge < -0.3 is 14.2 Å². The Morgan fingerprint density at radius 1 is 1.17 bits per heavy atom.